The fourth-order valence-corrected chi connectivity index (χ4v) is 2.08. The van der Waals surface area contributed by atoms with E-state index < -0.39 is 6.10 Å². The topological polar surface area (TPSA) is 29.5 Å². The first-order valence-electron chi connectivity index (χ1n) is 7.24. The fourth-order valence-electron chi connectivity index (χ4n) is 2.08. The summed E-state index contributed by atoms with van der Waals surface area (Å²) < 4.78 is 5.62. The highest BCUT2D eigenvalue weighted by molar-refractivity contribution is 5.29. The zero-order chi connectivity index (χ0) is 14.2. The van der Waals surface area contributed by atoms with E-state index >= 15 is 0 Å². The molecular formula is C18H22O2. The molecule has 0 radical (unpaired) electrons. The molecule has 0 spiro atoms. The van der Waals surface area contributed by atoms with Crippen molar-refractivity contribution < 1.29 is 9.84 Å². The third-order valence-corrected chi connectivity index (χ3v) is 3.30. The van der Waals surface area contributed by atoms with E-state index in [1.165, 1.54) is 0 Å². The van der Waals surface area contributed by atoms with Gasteiger partial charge in [0, 0.05) is 6.42 Å². The van der Waals surface area contributed by atoms with Gasteiger partial charge in [0.05, 0.1) is 12.7 Å². The molecule has 0 fully saturated rings. The summed E-state index contributed by atoms with van der Waals surface area (Å²) in [6.07, 6.45) is 2.37. The van der Waals surface area contributed by atoms with Gasteiger partial charge in [0.25, 0.3) is 0 Å². The van der Waals surface area contributed by atoms with Crippen LogP contribution in [0.25, 0.3) is 0 Å². The molecule has 2 rings (SSSR count). The maximum Gasteiger partial charge on any atom is 0.119 e. The van der Waals surface area contributed by atoms with Crippen LogP contribution < -0.4 is 4.74 Å². The Labute approximate surface area is 121 Å². The van der Waals surface area contributed by atoms with Gasteiger partial charge < -0.3 is 9.84 Å². The van der Waals surface area contributed by atoms with Crippen LogP contribution in [0.2, 0.25) is 0 Å². The van der Waals surface area contributed by atoms with Gasteiger partial charge in [-0.3, -0.25) is 0 Å². The molecule has 0 aromatic heterocycles. The third-order valence-electron chi connectivity index (χ3n) is 3.30. The van der Waals surface area contributed by atoms with E-state index in [0.29, 0.717) is 6.42 Å². The Balaban J connectivity index is 1.92. The molecule has 2 nitrogen and oxygen atoms in total. The van der Waals surface area contributed by atoms with Crippen molar-refractivity contribution in [1.29, 1.82) is 0 Å². The minimum absolute atomic E-state index is 0.470. The molecule has 0 heterocycles. The van der Waals surface area contributed by atoms with E-state index in [1.807, 2.05) is 54.6 Å². The second-order valence-electron chi connectivity index (χ2n) is 4.98. The highest BCUT2D eigenvalue weighted by Gasteiger charge is 2.08. The number of aliphatic hydroxyl groups excluding tert-OH is 1. The van der Waals surface area contributed by atoms with Crippen molar-refractivity contribution in [2.45, 2.75) is 32.3 Å². The average Bonchev–Trinajstić information content (AvgIpc) is 2.49. The van der Waals surface area contributed by atoms with Gasteiger partial charge in [0.1, 0.15) is 5.75 Å². The van der Waals surface area contributed by atoms with Crippen LogP contribution >= 0.6 is 0 Å². The van der Waals surface area contributed by atoms with E-state index in [0.717, 1.165) is 36.3 Å². The quantitative estimate of drug-likeness (QED) is 0.766. The zero-order valence-electron chi connectivity index (χ0n) is 12.0. The van der Waals surface area contributed by atoms with Crippen LogP contribution in [-0.4, -0.2) is 11.7 Å². The normalized spacial score (nSPS) is 12.1. The van der Waals surface area contributed by atoms with Gasteiger partial charge in [0.15, 0.2) is 0 Å². The number of aliphatic hydroxyl groups is 1. The molecule has 2 aromatic carbocycles. The van der Waals surface area contributed by atoms with Gasteiger partial charge in [-0.1, -0.05) is 55.8 Å². The molecule has 20 heavy (non-hydrogen) atoms. The van der Waals surface area contributed by atoms with Crippen LogP contribution in [0.5, 0.6) is 5.75 Å². The average molecular weight is 270 g/mol. The largest absolute Gasteiger partial charge is 0.494 e. The molecule has 0 aliphatic carbocycles. The predicted octanol–water partition coefficient (Wildman–Crippen LogP) is 4.14. The van der Waals surface area contributed by atoms with E-state index in [1.54, 1.807) is 0 Å². The molecular weight excluding hydrogens is 248 g/mol. The molecule has 106 valence electrons. The lowest BCUT2D eigenvalue weighted by Crippen LogP contribution is -2.02. The summed E-state index contributed by atoms with van der Waals surface area (Å²) in [4.78, 5) is 0. The lowest BCUT2D eigenvalue weighted by Gasteiger charge is -2.12. The number of rotatable bonds is 7. The van der Waals surface area contributed by atoms with Crippen LogP contribution in [0.4, 0.5) is 0 Å². The Bertz CT molecular complexity index is 491. The minimum atomic E-state index is -0.470. The minimum Gasteiger partial charge on any atom is -0.494 e. The smallest absolute Gasteiger partial charge is 0.119 e. The SMILES string of the molecule is CCCCOc1ccc(C(O)Cc2ccccc2)cc1. The maximum absolute atomic E-state index is 10.2. The van der Waals surface area contributed by atoms with Crippen molar-refractivity contribution >= 4 is 0 Å². The monoisotopic (exact) mass is 270 g/mol. The van der Waals surface area contributed by atoms with Gasteiger partial charge in [-0.25, -0.2) is 0 Å². The summed E-state index contributed by atoms with van der Waals surface area (Å²) in [6, 6.07) is 17.8. The van der Waals surface area contributed by atoms with Crippen LogP contribution in [-0.2, 0) is 6.42 Å². The first-order valence-corrected chi connectivity index (χ1v) is 7.24. The summed E-state index contributed by atoms with van der Waals surface area (Å²) in [5.41, 5.74) is 2.07. The predicted molar refractivity (Wildman–Crippen MR) is 82.0 cm³/mol. The van der Waals surface area contributed by atoms with Crippen molar-refractivity contribution in [2.75, 3.05) is 6.61 Å². The van der Waals surface area contributed by atoms with Crippen molar-refractivity contribution in [3.63, 3.8) is 0 Å². The summed E-state index contributed by atoms with van der Waals surface area (Å²) >= 11 is 0. The Kier molecular flexibility index (Phi) is 5.63. The molecule has 0 aliphatic rings. The summed E-state index contributed by atoms with van der Waals surface area (Å²) in [5, 5.41) is 10.2. The van der Waals surface area contributed by atoms with Gasteiger partial charge in [0.2, 0.25) is 0 Å². The van der Waals surface area contributed by atoms with Crippen LogP contribution in [0.3, 0.4) is 0 Å². The number of hydrogen-bond acceptors (Lipinski definition) is 2. The zero-order valence-corrected chi connectivity index (χ0v) is 12.0. The molecule has 0 bridgehead atoms. The fraction of sp³-hybridized carbons (Fsp3) is 0.333. The van der Waals surface area contributed by atoms with E-state index in [9.17, 15) is 5.11 Å². The standard InChI is InChI=1S/C18H22O2/c1-2-3-13-20-17-11-9-16(10-12-17)18(19)14-15-7-5-4-6-8-15/h4-12,18-19H,2-3,13-14H2,1H3. The first kappa shape index (κ1) is 14.6. The molecule has 1 atom stereocenters. The van der Waals surface area contributed by atoms with Crippen molar-refractivity contribution in [3.8, 4) is 5.75 Å². The number of ether oxygens (including phenoxy) is 1. The number of unbranched alkanes of at least 4 members (excludes halogenated alkanes) is 1. The van der Waals surface area contributed by atoms with Gasteiger partial charge in [-0.05, 0) is 29.7 Å². The Morgan fingerprint density at radius 1 is 1.00 bits per heavy atom. The molecule has 0 aliphatic heterocycles. The lowest BCUT2D eigenvalue weighted by atomic mass is 10.0. The second-order valence-corrected chi connectivity index (χ2v) is 4.98. The molecule has 1 N–H and O–H groups in total. The Morgan fingerprint density at radius 2 is 1.70 bits per heavy atom. The summed E-state index contributed by atoms with van der Waals surface area (Å²) in [6.45, 7) is 2.90. The molecule has 2 aromatic rings. The Hall–Kier alpha value is -1.80. The third kappa shape index (κ3) is 4.39. The van der Waals surface area contributed by atoms with Crippen LogP contribution in [0.15, 0.2) is 54.6 Å². The first-order chi connectivity index (χ1) is 9.79. The van der Waals surface area contributed by atoms with Crippen LogP contribution in [0, 0.1) is 0 Å². The highest BCUT2D eigenvalue weighted by Crippen LogP contribution is 2.21. The van der Waals surface area contributed by atoms with Crippen molar-refractivity contribution in [1.82, 2.24) is 0 Å². The highest BCUT2D eigenvalue weighted by atomic mass is 16.5. The summed E-state index contributed by atoms with van der Waals surface area (Å²) in [5.74, 6) is 0.870. The van der Waals surface area contributed by atoms with E-state index in [2.05, 4.69) is 6.92 Å². The number of hydrogen-bond donors (Lipinski definition) is 1. The molecule has 0 saturated heterocycles. The van der Waals surface area contributed by atoms with E-state index in [4.69, 9.17) is 4.74 Å². The molecule has 1 unspecified atom stereocenters. The summed E-state index contributed by atoms with van der Waals surface area (Å²) in [7, 11) is 0. The lowest BCUT2D eigenvalue weighted by molar-refractivity contribution is 0.178. The van der Waals surface area contributed by atoms with Crippen LogP contribution in [0.1, 0.15) is 37.0 Å². The Morgan fingerprint density at radius 3 is 2.35 bits per heavy atom. The van der Waals surface area contributed by atoms with E-state index in [-0.39, 0.29) is 0 Å². The van der Waals surface area contributed by atoms with Gasteiger partial charge in [-0.2, -0.15) is 0 Å². The van der Waals surface area contributed by atoms with Crippen molar-refractivity contribution in [3.05, 3.63) is 65.7 Å². The molecule has 0 amide bonds. The van der Waals surface area contributed by atoms with Gasteiger partial charge in [-0.15, -0.1) is 0 Å². The van der Waals surface area contributed by atoms with Crippen molar-refractivity contribution in [2.24, 2.45) is 0 Å². The maximum atomic E-state index is 10.2. The number of benzene rings is 2. The second kappa shape index (κ2) is 7.71. The molecule has 0 saturated carbocycles. The van der Waals surface area contributed by atoms with Gasteiger partial charge >= 0.3 is 0 Å². The molecule has 2 heteroatoms.